The second-order valence-corrected chi connectivity index (χ2v) is 3.56. The molecule has 0 bridgehead atoms. The molecule has 2 aromatic rings. The molecule has 5 heteroatoms. The van der Waals surface area contributed by atoms with Crippen molar-refractivity contribution in [2.75, 3.05) is 0 Å². The molecule has 0 spiro atoms. The first kappa shape index (κ1) is 10.0. The number of nitrogens with one attached hydrogen (secondary N) is 1. The standard InChI is InChI=1S/C10H10ClN3O/c11-8-1-3-9(4-2-8)14-10(15)7(5-12)6-13-14/h1-4,6,13H,5,12H2. The molecule has 4 nitrogen and oxygen atoms in total. The topological polar surface area (TPSA) is 63.8 Å². The van der Waals surface area contributed by atoms with E-state index in [2.05, 4.69) is 5.10 Å². The van der Waals surface area contributed by atoms with Crippen molar-refractivity contribution in [3.63, 3.8) is 0 Å². The fourth-order valence-electron chi connectivity index (χ4n) is 1.33. The molecule has 0 aliphatic carbocycles. The Bertz CT molecular complexity index is 512. The van der Waals surface area contributed by atoms with Crippen LogP contribution in [0.25, 0.3) is 5.69 Å². The van der Waals surface area contributed by atoms with Crippen molar-refractivity contribution in [2.45, 2.75) is 6.54 Å². The minimum Gasteiger partial charge on any atom is -0.326 e. The Morgan fingerprint density at radius 2 is 2.00 bits per heavy atom. The molecule has 0 fully saturated rings. The van der Waals surface area contributed by atoms with Crippen LogP contribution in [0.15, 0.2) is 35.3 Å². The second-order valence-electron chi connectivity index (χ2n) is 3.12. The third kappa shape index (κ3) is 1.82. The van der Waals surface area contributed by atoms with E-state index in [0.717, 1.165) is 5.69 Å². The highest BCUT2D eigenvalue weighted by molar-refractivity contribution is 6.30. The van der Waals surface area contributed by atoms with Gasteiger partial charge in [-0.05, 0) is 24.3 Å². The van der Waals surface area contributed by atoms with Crippen LogP contribution in [0.5, 0.6) is 0 Å². The Morgan fingerprint density at radius 3 is 2.53 bits per heavy atom. The third-order valence-corrected chi connectivity index (χ3v) is 2.40. The lowest BCUT2D eigenvalue weighted by Crippen LogP contribution is -2.18. The maximum Gasteiger partial charge on any atom is 0.275 e. The molecule has 3 N–H and O–H groups in total. The summed E-state index contributed by atoms with van der Waals surface area (Å²) in [4.78, 5) is 11.7. The average Bonchev–Trinajstić information content (AvgIpc) is 2.61. The number of H-pyrrole nitrogens is 1. The minimum absolute atomic E-state index is 0.125. The normalized spacial score (nSPS) is 10.5. The number of hydrogen-bond acceptors (Lipinski definition) is 2. The molecule has 1 heterocycles. The van der Waals surface area contributed by atoms with Gasteiger partial charge in [0.25, 0.3) is 5.56 Å². The van der Waals surface area contributed by atoms with Gasteiger partial charge in [-0.15, -0.1) is 0 Å². The van der Waals surface area contributed by atoms with Gasteiger partial charge in [0.05, 0.1) is 11.3 Å². The summed E-state index contributed by atoms with van der Waals surface area (Å²) in [6, 6.07) is 6.99. The van der Waals surface area contributed by atoms with Gasteiger partial charge in [-0.3, -0.25) is 9.89 Å². The van der Waals surface area contributed by atoms with Crippen LogP contribution in [0, 0.1) is 0 Å². The molecule has 15 heavy (non-hydrogen) atoms. The van der Waals surface area contributed by atoms with Gasteiger partial charge in [-0.2, -0.15) is 0 Å². The lowest BCUT2D eigenvalue weighted by molar-refractivity contribution is 0.845. The predicted molar refractivity (Wildman–Crippen MR) is 59.3 cm³/mol. The number of nitrogens with two attached hydrogens (primary N) is 1. The first-order valence-electron chi connectivity index (χ1n) is 4.47. The maximum atomic E-state index is 11.7. The van der Waals surface area contributed by atoms with Crippen LogP contribution < -0.4 is 11.3 Å². The molecule has 0 saturated carbocycles. The molecule has 78 valence electrons. The van der Waals surface area contributed by atoms with Crippen LogP contribution in [0.2, 0.25) is 5.02 Å². The van der Waals surface area contributed by atoms with E-state index < -0.39 is 0 Å². The zero-order valence-corrected chi connectivity index (χ0v) is 8.66. The number of rotatable bonds is 2. The number of aromatic nitrogens is 2. The summed E-state index contributed by atoms with van der Waals surface area (Å²) in [6.07, 6.45) is 1.61. The quantitative estimate of drug-likeness (QED) is 0.806. The average molecular weight is 224 g/mol. The summed E-state index contributed by atoms with van der Waals surface area (Å²) >= 11 is 5.75. The Balaban J connectivity index is 2.50. The summed E-state index contributed by atoms with van der Waals surface area (Å²) in [5, 5.41) is 3.48. The SMILES string of the molecule is NCc1c[nH]n(-c2ccc(Cl)cc2)c1=O. The van der Waals surface area contributed by atoms with Crippen LogP contribution in [0.1, 0.15) is 5.56 Å². The molecule has 0 aliphatic rings. The predicted octanol–water partition coefficient (Wildman–Crippen LogP) is 1.28. The lowest BCUT2D eigenvalue weighted by atomic mass is 10.3. The fraction of sp³-hybridized carbons (Fsp3) is 0.100. The summed E-state index contributed by atoms with van der Waals surface area (Å²) in [6.45, 7) is 0.232. The Kier molecular flexibility index (Phi) is 2.62. The van der Waals surface area contributed by atoms with Gasteiger partial charge in [-0.1, -0.05) is 11.6 Å². The zero-order chi connectivity index (χ0) is 10.8. The van der Waals surface area contributed by atoms with Crippen LogP contribution in [0.3, 0.4) is 0 Å². The Morgan fingerprint density at radius 1 is 1.33 bits per heavy atom. The van der Waals surface area contributed by atoms with Crippen LogP contribution >= 0.6 is 11.6 Å². The van der Waals surface area contributed by atoms with Crippen LogP contribution in [-0.4, -0.2) is 9.78 Å². The van der Waals surface area contributed by atoms with Gasteiger partial charge in [0, 0.05) is 17.8 Å². The largest absolute Gasteiger partial charge is 0.326 e. The summed E-state index contributed by atoms with van der Waals surface area (Å²) in [7, 11) is 0. The highest BCUT2D eigenvalue weighted by atomic mass is 35.5. The van der Waals surface area contributed by atoms with Crippen molar-refractivity contribution in [3.8, 4) is 5.69 Å². The highest BCUT2D eigenvalue weighted by Gasteiger charge is 2.05. The van der Waals surface area contributed by atoms with Crippen molar-refractivity contribution in [1.82, 2.24) is 9.78 Å². The Labute approximate surface area is 91.3 Å². The van der Waals surface area contributed by atoms with Gasteiger partial charge >= 0.3 is 0 Å². The molecule has 0 radical (unpaired) electrons. The first-order valence-corrected chi connectivity index (χ1v) is 4.85. The van der Waals surface area contributed by atoms with Crippen LogP contribution in [0.4, 0.5) is 0 Å². The van der Waals surface area contributed by atoms with Gasteiger partial charge < -0.3 is 5.73 Å². The van der Waals surface area contributed by atoms with E-state index in [1.165, 1.54) is 4.68 Å². The third-order valence-electron chi connectivity index (χ3n) is 2.15. The number of nitrogens with zero attached hydrogens (tertiary/aromatic N) is 1. The number of benzene rings is 1. The summed E-state index contributed by atoms with van der Waals surface area (Å²) in [5.41, 5.74) is 6.59. The van der Waals surface area contributed by atoms with Gasteiger partial charge in [0.1, 0.15) is 0 Å². The van der Waals surface area contributed by atoms with Crippen molar-refractivity contribution in [3.05, 3.63) is 51.4 Å². The van der Waals surface area contributed by atoms with Crippen molar-refractivity contribution >= 4 is 11.6 Å². The molecule has 0 aliphatic heterocycles. The minimum atomic E-state index is -0.125. The van der Waals surface area contributed by atoms with Crippen molar-refractivity contribution in [2.24, 2.45) is 5.73 Å². The second kappa shape index (κ2) is 3.92. The molecule has 1 aromatic heterocycles. The summed E-state index contributed by atoms with van der Waals surface area (Å²) in [5.74, 6) is 0. The van der Waals surface area contributed by atoms with E-state index in [9.17, 15) is 4.79 Å². The molecule has 2 rings (SSSR count). The van der Waals surface area contributed by atoms with E-state index in [1.54, 1.807) is 30.5 Å². The van der Waals surface area contributed by atoms with Crippen molar-refractivity contribution in [1.29, 1.82) is 0 Å². The van der Waals surface area contributed by atoms with E-state index in [0.29, 0.717) is 10.6 Å². The van der Waals surface area contributed by atoms with Crippen molar-refractivity contribution < 1.29 is 0 Å². The smallest absolute Gasteiger partial charge is 0.275 e. The lowest BCUT2D eigenvalue weighted by Gasteiger charge is -2.00. The monoisotopic (exact) mass is 223 g/mol. The number of hydrogen-bond donors (Lipinski definition) is 2. The molecule has 0 amide bonds. The van der Waals surface area contributed by atoms with E-state index in [1.807, 2.05) is 0 Å². The van der Waals surface area contributed by atoms with Crippen LogP contribution in [-0.2, 0) is 6.54 Å². The summed E-state index contributed by atoms with van der Waals surface area (Å²) < 4.78 is 1.43. The molecular formula is C10H10ClN3O. The van der Waals surface area contributed by atoms with Gasteiger partial charge in [-0.25, -0.2) is 4.68 Å². The van der Waals surface area contributed by atoms with E-state index in [4.69, 9.17) is 17.3 Å². The molecule has 0 saturated heterocycles. The van der Waals surface area contributed by atoms with Gasteiger partial charge in [0.2, 0.25) is 0 Å². The maximum absolute atomic E-state index is 11.7. The molecular weight excluding hydrogens is 214 g/mol. The number of aromatic amines is 1. The molecule has 0 atom stereocenters. The van der Waals surface area contributed by atoms with E-state index >= 15 is 0 Å². The zero-order valence-electron chi connectivity index (χ0n) is 7.90. The molecule has 0 unspecified atom stereocenters. The van der Waals surface area contributed by atoms with E-state index in [-0.39, 0.29) is 12.1 Å². The van der Waals surface area contributed by atoms with Gasteiger partial charge in [0.15, 0.2) is 0 Å². The number of halogens is 1. The fourth-order valence-corrected chi connectivity index (χ4v) is 1.46. The molecule has 1 aromatic carbocycles. The first-order chi connectivity index (χ1) is 7.22. The Hall–Kier alpha value is -1.52. The highest BCUT2D eigenvalue weighted by Crippen LogP contribution is 2.11.